The Morgan fingerprint density at radius 3 is 2.32 bits per heavy atom. The van der Waals surface area contributed by atoms with Gasteiger partial charge in [0, 0.05) is 17.9 Å². The molecule has 0 radical (unpaired) electrons. The zero-order valence-corrected chi connectivity index (χ0v) is 13.6. The lowest BCUT2D eigenvalue weighted by atomic mass is 9.71. The maximum Gasteiger partial charge on any atom is 0.153 e. The normalized spacial score (nSPS) is 31.6. The molecule has 0 bridgehead atoms. The molecule has 0 N–H and O–H groups in total. The highest BCUT2D eigenvalue weighted by Crippen LogP contribution is 2.42. The summed E-state index contributed by atoms with van der Waals surface area (Å²) in [4.78, 5) is 4.91. The molecule has 0 fully saturated rings. The summed E-state index contributed by atoms with van der Waals surface area (Å²) in [5.41, 5.74) is 0.143. The average molecular weight is 263 g/mol. The molecular weight excluding hydrogens is 234 g/mol. The number of nitrogens with zero attached hydrogens (tertiary/aromatic N) is 3. The van der Waals surface area contributed by atoms with Crippen molar-refractivity contribution in [3.05, 3.63) is 11.6 Å². The monoisotopic (exact) mass is 263 g/mol. The van der Waals surface area contributed by atoms with E-state index < -0.39 is 0 Å². The second-order valence-electron chi connectivity index (χ2n) is 7.36. The van der Waals surface area contributed by atoms with Gasteiger partial charge in [0.1, 0.15) is 5.82 Å². The van der Waals surface area contributed by atoms with E-state index in [4.69, 9.17) is 10.1 Å². The summed E-state index contributed by atoms with van der Waals surface area (Å²) in [5, 5.41) is 4.78. The first-order valence-electron chi connectivity index (χ1n) is 7.71. The van der Waals surface area contributed by atoms with E-state index in [0.29, 0.717) is 17.8 Å². The molecule has 1 aliphatic rings. The van der Waals surface area contributed by atoms with Gasteiger partial charge < -0.3 is 0 Å². The van der Waals surface area contributed by atoms with Gasteiger partial charge >= 0.3 is 0 Å². The molecule has 0 spiro atoms. The highest BCUT2D eigenvalue weighted by Gasteiger charge is 2.41. The van der Waals surface area contributed by atoms with E-state index in [2.05, 4.69) is 53.1 Å². The molecule has 3 atom stereocenters. The summed E-state index contributed by atoms with van der Waals surface area (Å²) in [6.45, 7) is 17.1. The van der Waals surface area contributed by atoms with E-state index in [1.54, 1.807) is 0 Å². The number of fused-ring (bicyclic) bond motifs is 1. The Morgan fingerprint density at radius 2 is 1.79 bits per heavy atom. The second kappa shape index (κ2) is 4.92. The number of rotatable bonds is 2. The molecule has 0 saturated carbocycles. The summed E-state index contributed by atoms with van der Waals surface area (Å²) in [7, 11) is 0. The van der Waals surface area contributed by atoms with E-state index in [0.717, 1.165) is 18.3 Å². The first-order chi connectivity index (χ1) is 8.75. The van der Waals surface area contributed by atoms with Crippen LogP contribution in [0.4, 0.5) is 0 Å². The van der Waals surface area contributed by atoms with Crippen LogP contribution in [0.5, 0.6) is 0 Å². The van der Waals surface area contributed by atoms with Gasteiger partial charge in [-0.3, -0.25) is 0 Å². The van der Waals surface area contributed by atoms with Gasteiger partial charge in [-0.1, -0.05) is 48.5 Å². The Labute approximate surface area is 117 Å². The molecule has 3 nitrogen and oxygen atoms in total. The molecule has 0 amide bonds. The standard InChI is InChI=1S/C16H29N3/c1-10(2)14-17-15-16(7,11(3)4)8-12(5)13(6)9-19(15)18-14/h10-13H,8-9H2,1-7H3. The molecule has 3 unspecified atom stereocenters. The summed E-state index contributed by atoms with van der Waals surface area (Å²) >= 11 is 0. The number of aromatic nitrogens is 3. The molecule has 2 heterocycles. The lowest BCUT2D eigenvalue weighted by Gasteiger charge is -2.33. The molecule has 0 aromatic carbocycles. The van der Waals surface area contributed by atoms with Crippen LogP contribution in [0.3, 0.4) is 0 Å². The molecule has 3 heteroatoms. The van der Waals surface area contributed by atoms with Gasteiger partial charge in [-0.15, -0.1) is 0 Å². The van der Waals surface area contributed by atoms with Crippen LogP contribution in [-0.4, -0.2) is 14.8 Å². The second-order valence-corrected chi connectivity index (χ2v) is 7.36. The number of hydrogen-bond acceptors (Lipinski definition) is 2. The summed E-state index contributed by atoms with van der Waals surface area (Å²) < 4.78 is 2.20. The van der Waals surface area contributed by atoms with Crippen molar-refractivity contribution < 1.29 is 0 Å². The quantitative estimate of drug-likeness (QED) is 0.807. The highest BCUT2D eigenvalue weighted by atomic mass is 15.4. The van der Waals surface area contributed by atoms with Crippen molar-refractivity contribution in [1.82, 2.24) is 14.8 Å². The van der Waals surface area contributed by atoms with Crippen LogP contribution in [0, 0.1) is 17.8 Å². The minimum Gasteiger partial charge on any atom is -0.249 e. The largest absolute Gasteiger partial charge is 0.249 e. The Morgan fingerprint density at radius 1 is 1.16 bits per heavy atom. The fourth-order valence-electron chi connectivity index (χ4n) is 3.06. The molecule has 2 rings (SSSR count). The molecule has 1 aliphatic heterocycles. The lowest BCUT2D eigenvalue weighted by molar-refractivity contribution is 0.237. The van der Waals surface area contributed by atoms with Crippen LogP contribution in [-0.2, 0) is 12.0 Å². The fraction of sp³-hybridized carbons (Fsp3) is 0.875. The minimum atomic E-state index is 0.143. The van der Waals surface area contributed by atoms with Gasteiger partial charge in [-0.2, -0.15) is 5.10 Å². The summed E-state index contributed by atoms with van der Waals surface area (Å²) in [5.74, 6) is 4.59. The maximum absolute atomic E-state index is 4.91. The van der Waals surface area contributed by atoms with Crippen LogP contribution in [0.15, 0.2) is 0 Å². The third-order valence-corrected chi connectivity index (χ3v) is 5.17. The molecule has 0 saturated heterocycles. The van der Waals surface area contributed by atoms with Crippen molar-refractivity contribution in [2.75, 3.05) is 0 Å². The molecule has 0 aliphatic carbocycles. The van der Waals surface area contributed by atoms with Crippen molar-refractivity contribution in [3.8, 4) is 0 Å². The molecule has 108 valence electrons. The Hall–Kier alpha value is -0.860. The fourth-order valence-corrected chi connectivity index (χ4v) is 3.06. The smallest absolute Gasteiger partial charge is 0.153 e. The van der Waals surface area contributed by atoms with Crippen molar-refractivity contribution >= 4 is 0 Å². The van der Waals surface area contributed by atoms with Gasteiger partial charge in [-0.25, -0.2) is 9.67 Å². The van der Waals surface area contributed by atoms with Crippen LogP contribution in [0.25, 0.3) is 0 Å². The summed E-state index contributed by atoms with van der Waals surface area (Å²) in [6, 6.07) is 0. The topological polar surface area (TPSA) is 30.7 Å². The minimum absolute atomic E-state index is 0.143. The van der Waals surface area contributed by atoms with Gasteiger partial charge in [0.05, 0.1) is 0 Å². The van der Waals surface area contributed by atoms with Gasteiger partial charge in [-0.05, 0) is 24.2 Å². The van der Waals surface area contributed by atoms with Crippen LogP contribution >= 0.6 is 0 Å². The first-order valence-corrected chi connectivity index (χ1v) is 7.71. The van der Waals surface area contributed by atoms with Crippen molar-refractivity contribution in [2.24, 2.45) is 17.8 Å². The van der Waals surface area contributed by atoms with Crippen LogP contribution in [0.2, 0.25) is 0 Å². The molecule has 19 heavy (non-hydrogen) atoms. The van der Waals surface area contributed by atoms with Crippen LogP contribution in [0.1, 0.15) is 72.5 Å². The number of hydrogen-bond donors (Lipinski definition) is 0. The van der Waals surface area contributed by atoms with Gasteiger partial charge in [0.15, 0.2) is 5.82 Å². The Balaban J connectivity index is 2.53. The van der Waals surface area contributed by atoms with Crippen molar-refractivity contribution in [1.29, 1.82) is 0 Å². The van der Waals surface area contributed by atoms with E-state index in [-0.39, 0.29) is 5.41 Å². The van der Waals surface area contributed by atoms with Crippen molar-refractivity contribution in [3.63, 3.8) is 0 Å². The molecular formula is C16H29N3. The molecule has 1 aromatic rings. The van der Waals surface area contributed by atoms with E-state index in [9.17, 15) is 0 Å². The predicted molar refractivity (Wildman–Crippen MR) is 79.2 cm³/mol. The Bertz CT molecular complexity index is 447. The van der Waals surface area contributed by atoms with E-state index in [1.165, 1.54) is 12.2 Å². The Kier molecular flexibility index (Phi) is 3.76. The highest BCUT2D eigenvalue weighted by molar-refractivity contribution is 5.13. The lowest BCUT2D eigenvalue weighted by Crippen LogP contribution is -2.32. The average Bonchev–Trinajstić information content (AvgIpc) is 2.69. The van der Waals surface area contributed by atoms with Crippen molar-refractivity contribution in [2.45, 2.75) is 72.8 Å². The van der Waals surface area contributed by atoms with Gasteiger partial charge in [0.2, 0.25) is 0 Å². The van der Waals surface area contributed by atoms with Gasteiger partial charge in [0.25, 0.3) is 0 Å². The van der Waals surface area contributed by atoms with Crippen LogP contribution < -0.4 is 0 Å². The van der Waals surface area contributed by atoms with E-state index in [1.807, 2.05) is 0 Å². The maximum atomic E-state index is 4.91. The predicted octanol–water partition coefficient (Wildman–Crippen LogP) is 3.99. The van der Waals surface area contributed by atoms with E-state index >= 15 is 0 Å². The first kappa shape index (κ1) is 14.5. The summed E-state index contributed by atoms with van der Waals surface area (Å²) in [6.07, 6.45) is 1.21. The SMILES string of the molecule is CC(C)c1nc2n(n1)CC(C)C(C)CC2(C)C(C)C. The zero-order chi connectivity index (χ0) is 14.4. The zero-order valence-electron chi connectivity index (χ0n) is 13.6. The molecule has 1 aromatic heterocycles. The third-order valence-electron chi connectivity index (χ3n) is 5.17. The third kappa shape index (κ3) is 2.44.